The minimum atomic E-state index is -0.261. The van der Waals surface area contributed by atoms with Gasteiger partial charge in [-0.05, 0) is 92.3 Å². The van der Waals surface area contributed by atoms with Gasteiger partial charge in [-0.15, -0.1) is 0 Å². The average molecular weight is 379 g/mol. The van der Waals surface area contributed by atoms with Crippen molar-refractivity contribution in [1.29, 1.82) is 0 Å². The maximum absolute atomic E-state index is 11.6. The number of hydrogen-bond acceptors (Lipinski definition) is 3. The molecule has 0 spiro atoms. The lowest BCUT2D eigenvalue weighted by atomic mass is 9.52. The molecule has 3 saturated carbocycles. The van der Waals surface area contributed by atoms with E-state index in [-0.39, 0.29) is 23.5 Å². The lowest BCUT2D eigenvalue weighted by Crippen LogP contribution is -2.50. The van der Waals surface area contributed by atoms with E-state index >= 15 is 0 Å². The molecule has 0 radical (unpaired) electrons. The van der Waals surface area contributed by atoms with Gasteiger partial charge in [-0.1, -0.05) is 34.1 Å². The Bertz CT molecular complexity index is 506. The molecule has 3 fully saturated rings. The van der Waals surface area contributed by atoms with Crippen molar-refractivity contribution in [2.45, 2.75) is 97.7 Å². The van der Waals surface area contributed by atoms with E-state index in [1.165, 1.54) is 19.3 Å². The highest BCUT2D eigenvalue weighted by Crippen LogP contribution is 2.63. The molecule has 3 aliphatic rings. The van der Waals surface area contributed by atoms with Gasteiger partial charge >= 0.3 is 0 Å². The molecule has 0 aromatic carbocycles. The minimum Gasteiger partial charge on any atom is -0.393 e. The van der Waals surface area contributed by atoms with Gasteiger partial charge in [-0.25, -0.2) is 0 Å². The van der Waals surface area contributed by atoms with Gasteiger partial charge in [0, 0.05) is 5.92 Å². The number of aldehydes is 1. The van der Waals surface area contributed by atoms with Gasteiger partial charge in [0.15, 0.2) is 0 Å². The van der Waals surface area contributed by atoms with Crippen LogP contribution >= 0.6 is 0 Å². The summed E-state index contributed by atoms with van der Waals surface area (Å²) in [7, 11) is 0. The van der Waals surface area contributed by atoms with E-state index in [4.69, 9.17) is 0 Å². The molecule has 0 bridgehead atoms. The number of carbonyl (C=O) groups is 1. The van der Waals surface area contributed by atoms with Crippen molar-refractivity contribution in [3.8, 4) is 0 Å². The summed E-state index contributed by atoms with van der Waals surface area (Å²) in [6.07, 6.45) is 10.1. The van der Waals surface area contributed by atoms with E-state index in [1.807, 2.05) is 0 Å². The Labute approximate surface area is 166 Å². The SMILES string of the molecule is CC[C@@H]1CC[C@H](O)CC[C@H](C)C2CC[C@@]3(C)C(CC[C@@H]3[C@H](C)C=O)C2[C@@H]1O. The number of fused-ring (bicyclic) bond motifs is 3. The van der Waals surface area contributed by atoms with E-state index in [2.05, 4.69) is 27.7 Å². The molecule has 3 nitrogen and oxygen atoms in total. The van der Waals surface area contributed by atoms with Crippen LogP contribution in [0.2, 0.25) is 0 Å². The van der Waals surface area contributed by atoms with Crippen LogP contribution in [0.4, 0.5) is 0 Å². The quantitative estimate of drug-likeness (QED) is 0.691. The molecule has 27 heavy (non-hydrogen) atoms. The first kappa shape index (κ1) is 21.3. The van der Waals surface area contributed by atoms with Gasteiger partial charge in [-0.3, -0.25) is 0 Å². The predicted molar refractivity (Wildman–Crippen MR) is 109 cm³/mol. The summed E-state index contributed by atoms with van der Waals surface area (Å²) in [6, 6.07) is 0. The lowest BCUT2D eigenvalue weighted by Gasteiger charge is -2.53. The minimum absolute atomic E-state index is 0.128. The van der Waals surface area contributed by atoms with Crippen molar-refractivity contribution in [2.24, 2.45) is 46.8 Å². The zero-order valence-corrected chi connectivity index (χ0v) is 17.9. The van der Waals surface area contributed by atoms with Crippen molar-refractivity contribution in [2.75, 3.05) is 0 Å². The van der Waals surface area contributed by atoms with E-state index in [9.17, 15) is 15.0 Å². The zero-order chi connectivity index (χ0) is 19.8. The van der Waals surface area contributed by atoms with Crippen LogP contribution in [0, 0.1) is 46.8 Å². The third-order valence-corrected chi connectivity index (χ3v) is 9.27. The van der Waals surface area contributed by atoms with Crippen LogP contribution in [-0.4, -0.2) is 28.7 Å². The highest BCUT2D eigenvalue weighted by molar-refractivity contribution is 5.53. The average Bonchev–Trinajstić information content (AvgIpc) is 3.01. The molecular formula is C24H42O3. The second-order valence-corrected chi connectivity index (χ2v) is 10.5. The molecule has 0 heterocycles. The van der Waals surface area contributed by atoms with E-state index in [1.54, 1.807) is 0 Å². The smallest absolute Gasteiger partial charge is 0.123 e. The van der Waals surface area contributed by atoms with Crippen molar-refractivity contribution < 1.29 is 15.0 Å². The van der Waals surface area contributed by atoms with Crippen molar-refractivity contribution in [1.82, 2.24) is 0 Å². The fourth-order valence-electron chi connectivity index (χ4n) is 7.53. The molecule has 0 saturated heterocycles. The Hall–Kier alpha value is -0.410. The fourth-order valence-corrected chi connectivity index (χ4v) is 7.53. The Morgan fingerprint density at radius 3 is 2.44 bits per heavy atom. The molecule has 3 heteroatoms. The van der Waals surface area contributed by atoms with E-state index < -0.39 is 0 Å². The number of rotatable bonds is 3. The maximum atomic E-state index is 11.6. The van der Waals surface area contributed by atoms with Crippen molar-refractivity contribution in [3.63, 3.8) is 0 Å². The first-order valence-corrected chi connectivity index (χ1v) is 11.6. The summed E-state index contributed by atoms with van der Waals surface area (Å²) in [5.74, 6) is 2.91. The van der Waals surface area contributed by atoms with Crippen LogP contribution in [0.15, 0.2) is 0 Å². The summed E-state index contributed by atoms with van der Waals surface area (Å²) in [6.45, 7) is 9.06. The Kier molecular flexibility index (Phi) is 6.73. The second kappa shape index (κ2) is 8.53. The summed E-state index contributed by atoms with van der Waals surface area (Å²) in [4.78, 5) is 11.5. The van der Waals surface area contributed by atoms with Crippen LogP contribution < -0.4 is 0 Å². The molecule has 0 aromatic heterocycles. The van der Waals surface area contributed by atoms with Crippen molar-refractivity contribution in [3.05, 3.63) is 0 Å². The molecule has 0 amide bonds. The number of hydrogen-bond donors (Lipinski definition) is 2. The predicted octanol–water partition coefficient (Wildman–Crippen LogP) is 4.84. The van der Waals surface area contributed by atoms with Gasteiger partial charge in [0.2, 0.25) is 0 Å². The van der Waals surface area contributed by atoms with Crippen LogP contribution in [0.1, 0.15) is 85.5 Å². The number of aliphatic hydroxyl groups is 2. The lowest BCUT2D eigenvalue weighted by molar-refractivity contribution is -0.118. The molecule has 10 atom stereocenters. The van der Waals surface area contributed by atoms with Gasteiger partial charge in [-0.2, -0.15) is 0 Å². The number of aliphatic hydroxyl groups excluding tert-OH is 2. The molecule has 0 aromatic rings. The highest BCUT2D eigenvalue weighted by atomic mass is 16.3. The Balaban J connectivity index is 1.92. The van der Waals surface area contributed by atoms with E-state index in [0.717, 1.165) is 44.8 Å². The highest BCUT2D eigenvalue weighted by Gasteiger charge is 2.57. The fraction of sp³-hybridized carbons (Fsp3) is 0.958. The third kappa shape index (κ3) is 3.88. The van der Waals surface area contributed by atoms with Crippen LogP contribution in [-0.2, 0) is 4.79 Å². The summed E-state index contributed by atoms with van der Waals surface area (Å²) < 4.78 is 0. The van der Waals surface area contributed by atoms with Gasteiger partial charge in [0.05, 0.1) is 12.2 Å². The maximum Gasteiger partial charge on any atom is 0.123 e. The van der Waals surface area contributed by atoms with E-state index in [0.29, 0.717) is 35.5 Å². The van der Waals surface area contributed by atoms with Gasteiger partial charge < -0.3 is 15.0 Å². The Morgan fingerprint density at radius 1 is 1.07 bits per heavy atom. The molecule has 156 valence electrons. The molecule has 3 rings (SSSR count). The van der Waals surface area contributed by atoms with Crippen molar-refractivity contribution >= 4 is 6.29 Å². The van der Waals surface area contributed by atoms with Gasteiger partial charge in [0.1, 0.15) is 6.29 Å². The summed E-state index contributed by atoms with van der Waals surface area (Å²) >= 11 is 0. The molecule has 3 unspecified atom stereocenters. The van der Waals surface area contributed by atoms with Crippen LogP contribution in [0.5, 0.6) is 0 Å². The van der Waals surface area contributed by atoms with Crippen LogP contribution in [0.3, 0.4) is 0 Å². The summed E-state index contributed by atoms with van der Waals surface area (Å²) in [5, 5.41) is 21.9. The standard InChI is InChI=1S/C24H42O3/c1-5-17-7-9-18(26)8-6-15(2)19-12-13-24(4)20(16(3)14-25)10-11-21(24)22(19)23(17)27/h14-23,26-27H,5-13H2,1-4H3/t15-,16+,17+,18+,19?,20+,21?,22?,23+,24+/m0/s1. The topological polar surface area (TPSA) is 57.5 Å². The largest absolute Gasteiger partial charge is 0.393 e. The molecular weight excluding hydrogens is 336 g/mol. The number of carbonyl (C=O) groups excluding carboxylic acids is 1. The summed E-state index contributed by atoms with van der Waals surface area (Å²) in [5.41, 5.74) is 0.199. The van der Waals surface area contributed by atoms with Gasteiger partial charge in [0.25, 0.3) is 0 Å². The molecule has 0 aliphatic heterocycles. The molecule has 3 aliphatic carbocycles. The second-order valence-electron chi connectivity index (χ2n) is 10.5. The monoisotopic (exact) mass is 378 g/mol. The first-order valence-electron chi connectivity index (χ1n) is 11.6. The third-order valence-electron chi connectivity index (χ3n) is 9.27. The zero-order valence-electron chi connectivity index (χ0n) is 17.9. The normalized spacial score (nSPS) is 49.7. The molecule has 2 N–H and O–H groups in total. The van der Waals surface area contributed by atoms with Crippen LogP contribution in [0.25, 0.3) is 0 Å². The first-order chi connectivity index (χ1) is 12.8. The Morgan fingerprint density at radius 2 is 1.78 bits per heavy atom.